The van der Waals surface area contributed by atoms with E-state index < -0.39 is 0 Å². The molecular weight excluding hydrogens is 284 g/mol. The normalized spacial score (nSPS) is 10.8. The molecule has 1 aromatic heterocycles. The molecule has 74 valence electrons. The van der Waals surface area contributed by atoms with E-state index in [2.05, 4.69) is 27.4 Å². The zero-order valence-electron chi connectivity index (χ0n) is 7.51. The summed E-state index contributed by atoms with van der Waals surface area (Å²) in [5.74, 6) is 1.34. The van der Waals surface area contributed by atoms with E-state index in [9.17, 15) is 0 Å². The van der Waals surface area contributed by atoms with Crippen LogP contribution in [0.1, 0.15) is 5.56 Å². The summed E-state index contributed by atoms with van der Waals surface area (Å²) in [5, 5.41) is 3.27. The van der Waals surface area contributed by atoms with Gasteiger partial charge >= 0.3 is 0 Å². The summed E-state index contributed by atoms with van der Waals surface area (Å²) in [6.45, 7) is 0. The molecule has 0 saturated carbocycles. The minimum absolute atomic E-state index is 0.474. The maximum Gasteiger partial charge on any atom is 0.124 e. The first-order chi connectivity index (χ1) is 6.76. The van der Waals surface area contributed by atoms with Crippen LogP contribution in [0.5, 0.6) is 5.75 Å². The number of methoxy groups -OCH3 is 1. The molecule has 2 rings (SSSR count). The van der Waals surface area contributed by atoms with Gasteiger partial charge in [0, 0.05) is 25.5 Å². The largest absolute Gasteiger partial charge is 0.496 e. The Bertz CT molecular complexity index is 466. The third-order valence-electron chi connectivity index (χ3n) is 2.07. The lowest BCUT2D eigenvalue weighted by molar-refractivity contribution is 0.412. The minimum atomic E-state index is 0.474. The Morgan fingerprint density at radius 2 is 2.29 bits per heavy atom. The molecule has 0 N–H and O–H groups in total. The predicted molar refractivity (Wildman–Crippen MR) is 65.6 cm³/mol. The van der Waals surface area contributed by atoms with Crippen LogP contribution in [0.25, 0.3) is 10.1 Å². The molecule has 1 nitrogen and oxygen atoms in total. The number of rotatable bonds is 2. The molecule has 0 aliphatic heterocycles. The van der Waals surface area contributed by atoms with Gasteiger partial charge in [-0.3, -0.25) is 0 Å². The molecule has 1 heterocycles. The van der Waals surface area contributed by atoms with Crippen LogP contribution < -0.4 is 4.74 Å². The van der Waals surface area contributed by atoms with Gasteiger partial charge in [0.2, 0.25) is 0 Å². The Morgan fingerprint density at radius 3 is 2.93 bits per heavy atom. The molecule has 2 aromatic rings. The van der Waals surface area contributed by atoms with Crippen LogP contribution in [-0.2, 0) is 5.88 Å². The first kappa shape index (κ1) is 10.3. The van der Waals surface area contributed by atoms with Crippen molar-refractivity contribution < 1.29 is 4.74 Å². The van der Waals surface area contributed by atoms with Crippen molar-refractivity contribution in [2.45, 2.75) is 5.88 Å². The molecule has 0 aliphatic rings. The van der Waals surface area contributed by atoms with Gasteiger partial charge in [0.15, 0.2) is 0 Å². The van der Waals surface area contributed by atoms with Crippen molar-refractivity contribution >= 4 is 49.0 Å². The second kappa shape index (κ2) is 4.09. The second-order valence-electron chi connectivity index (χ2n) is 2.88. The van der Waals surface area contributed by atoms with E-state index >= 15 is 0 Å². The minimum Gasteiger partial charge on any atom is -0.496 e. The van der Waals surface area contributed by atoms with E-state index in [-0.39, 0.29) is 0 Å². The highest BCUT2D eigenvalue weighted by Crippen LogP contribution is 2.35. The van der Waals surface area contributed by atoms with Gasteiger partial charge in [-0.15, -0.1) is 22.9 Å². The van der Waals surface area contributed by atoms with Gasteiger partial charge in [0.1, 0.15) is 5.75 Å². The molecule has 0 amide bonds. The highest BCUT2D eigenvalue weighted by Gasteiger charge is 2.08. The van der Waals surface area contributed by atoms with Gasteiger partial charge in [-0.05, 0) is 28.1 Å². The van der Waals surface area contributed by atoms with E-state index in [4.69, 9.17) is 16.3 Å². The van der Waals surface area contributed by atoms with Gasteiger partial charge < -0.3 is 4.74 Å². The number of alkyl halides is 1. The Labute approximate surface area is 99.8 Å². The number of halogens is 2. The van der Waals surface area contributed by atoms with E-state index in [1.165, 1.54) is 10.1 Å². The van der Waals surface area contributed by atoms with E-state index in [0.717, 1.165) is 15.8 Å². The van der Waals surface area contributed by atoms with Gasteiger partial charge in [-0.1, -0.05) is 0 Å². The fourth-order valence-corrected chi connectivity index (χ4v) is 3.14. The molecule has 0 bridgehead atoms. The van der Waals surface area contributed by atoms with Crippen LogP contribution >= 0.6 is 38.9 Å². The van der Waals surface area contributed by atoms with Gasteiger partial charge in [-0.25, -0.2) is 0 Å². The van der Waals surface area contributed by atoms with Crippen molar-refractivity contribution in [1.29, 1.82) is 0 Å². The van der Waals surface area contributed by atoms with Gasteiger partial charge in [0.05, 0.1) is 13.0 Å². The average molecular weight is 292 g/mol. The highest BCUT2D eigenvalue weighted by molar-refractivity contribution is 9.10. The number of hydrogen-bond acceptors (Lipinski definition) is 2. The molecular formula is C10H8BrClOS. The van der Waals surface area contributed by atoms with Crippen LogP contribution in [0.2, 0.25) is 0 Å². The summed E-state index contributed by atoms with van der Waals surface area (Å²) in [6.07, 6.45) is 0. The maximum atomic E-state index is 5.84. The van der Waals surface area contributed by atoms with Crippen molar-refractivity contribution in [2.75, 3.05) is 7.11 Å². The fourth-order valence-electron chi connectivity index (χ4n) is 1.36. The molecule has 0 unspecified atom stereocenters. The molecule has 0 radical (unpaired) electrons. The van der Waals surface area contributed by atoms with Crippen LogP contribution in [0, 0.1) is 0 Å². The molecule has 0 atom stereocenters. The van der Waals surface area contributed by atoms with Crippen molar-refractivity contribution in [3.63, 3.8) is 0 Å². The van der Waals surface area contributed by atoms with Gasteiger partial charge in [-0.2, -0.15) is 0 Å². The lowest BCUT2D eigenvalue weighted by Crippen LogP contribution is -1.88. The first-order valence-electron chi connectivity index (χ1n) is 4.06. The van der Waals surface area contributed by atoms with E-state index in [1.54, 1.807) is 18.4 Å². The zero-order chi connectivity index (χ0) is 10.1. The van der Waals surface area contributed by atoms with Crippen LogP contribution in [0.3, 0.4) is 0 Å². The Kier molecular flexibility index (Phi) is 3.00. The summed E-state index contributed by atoms with van der Waals surface area (Å²) in [6, 6.07) is 4.10. The first-order valence-corrected chi connectivity index (χ1v) is 6.26. The standard InChI is InChI=1S/C10H8BrClOS/c1-13-9-3-10-7(2-6(9)4-12)8(11)5-14-10/h2-3,5H,4H2,1H3. The average Bonchev–Trinajstić information content (AvgIpc) is 2.58. The van der Waals surface area contributed by atoms with Crippen molar-refractivity contribution in [1.82, 2.24) is 0 Å². The summed E-state index contributed by atoms with van der Waals surface area (Å²) in [7, 11) is 1.67. The fraction of sp³-hybridized carbons (Fsp3) is 0.200. The van der Waals surface area contributed by atoms with Crippen LogP contribution in [-0.4, -0.2) is 7.11 Å². The maximum absolute atomic E-state index is 5.84. The molecule has 14 heavy (non-hydrogen) atoms. The van der Waals surface area contributed by atoms with Crippen LogP contribution in [0.4, 0.5) is 0 Å². The van der Waals surface area contributed by atoms with E-state index in [1.807, 2.05) is 6.07 Å². The van der Waals surface area contributed by atoms with Crippen molar-refractivity contribution in [3.05, 3.63) is 27.5 Å². The van der Waals surface area contributed by atoms with Crippen molar-refractivity contribution in [2.24, 2.45) is 0 Å². The quantitative estimate of drug-likeness (QED) is 0.745. The molecule has 4 heteroatoms. The third-order valence-corrected chi connectivity index (χ3v) is 4.27. The van der Waals surface area contributed by atoms with E-state index in [0.29, 0.717) is 5.88 Å². The van der Waals surface area contributed by atoms with Crippen LogP contribution in [0.15, 0.2) is 22.0 Å². The number of ether oxygens (including phenoxy) is 1. The van der Waals surface area contributed by atoms with Crippen molar-refractivity contribution in [3.8, 4) is 5.75 Å². The Morgan fingerprint density at radius 1 is 1.50 bits per heavy atom. The number of benzene rings is 1. The topological polar surface area (TPSA) is 9.23 Å². The predicted octanol–water partition coefficient (Wildman–Crippen LogP) is 4.41. The molecule has 0 fully saturated rings. The number of hydrogen-bond donors (Lipinski definition) is 0. The lowest BCUT2D eigenvalue weighted by atomic mass is 10.2. The lowest BCUT2D eigenvalue weighted by Gasteiger charge is -2.05. The smallest absolute Gasteiger partial charge is 0.124 e. The third kappa shape index (κ3) is 1.64. The van der Waals surface area contributed by atoms with Gasteiger partial charge in [0.25, 0.3) is 0 Å². The summed E-state index contributed by atoms with van der Waals surface area (Å²) in [5.41, 5.74) is 1.03. The number of fused-ring (bicyclic) bond motifs is 1. The molecule has 1 aromatic carbocycles. The Balaban J connectivity index is 2.71. The highest BCUT2D eigenvalue weighted by atomic mass is 79.9. The molecule has 0 aliphatic carbocycles. The SMILES string of the molecule is COc1cc2scc(Br)c2cc1CCl. The second-order valence-corrected chi connectivity index (χ2v) is 4.91. The Hall–Kier alpha value is -0.250. The number of thiophene rings is 1. The molecule has 0 spiro atoms. The summed E-state index contributed by atoms with van der Waals surface area (Å²) < 4.78 is 7.59. The summed E-state index contributed by atoms with van der Waals surface area (Å²) >= 11 is 11.0. The monoisotopic (exact) mass is 290 g/mol. The zero-order valence-corrected chi connectivity index (χ0v) is 10.7. The molecule has 0 saturated heterocycles. The summed E-state index contributed by atoms with van der Waals surface area (Å²) in [4.78, 5) is 0.